The van der Waals surface area contributed by atoms with E-state index in [4.69, 9.17) is 10.5 Å². The number of carbonyl (C=O) groups excluding carboxylic acids is 1. The van der Waals surface area contributed by atoms with E-state index in [0.29, 0.717) is 6.04 Å². The number of ether oxygens (including phenoxy) is 1. The van der Waals surface area contributed by atoms with E-state index in [-0.39, 0.29) is 11.9 Å². The molecular weight excluding hydrogens is 206 g/mol. The van der Waals surface area contributed by atoms with E-state index < -0.39 is 0 Å². The second kappa shape index (κ2) is 6.83. The first-order chi connectivity index (χ1) is 7.65. The molecule has 0 aromatic carbocycles. The van der Waals surface area contributed by atoms with Gasteiger partial charge in [0.25, 0.3) is 0 Å². The fourth-order valence-corrected chi connectivity index (χ4v) is 1.98. The van der Waals surface area contributed by atoms with E-state index >= 15 is 0 Å². The van der Waals surface area contributed by atoms with Crippen LogP contribution >= 0.6 is 0 Å². The number of rotatable bonds is 7. The van der Waals surface area contributed by atoms with E-state index in [1.165, 1.54) is 0 Å². The Morgan fingerprint density at radius 1 is 1.69 bits per heavy atom. The first-order valence-corrected chi connectivity index (χ1v) is 5.95. The predicted octanol–water partition coefficient (Wildman–Crippen LogP) is -0.439. The summed E-state index contributed by atoms with van der Waals surface area (Å²) in [5.41, 5.74) is 5.32. The number of carbonyl (C=O) groups is 1. The average molecular weight is 229 g/mol. The summed E-state index contributed by atoms with van der Waals surface area (Å²) < 4.78 is 5.33. The maximum atomic E-state index is 11.1. The van der Waals surface area contributed by atoms with Crippen LogP contribution in [0, 0.1) is 0 Å². The highest BCUT2D eigenvalue weighted by molar-refractivity contribution is 5.79. The molecule has 3 N–H and O–H groups in total. The number of likely N-dealkylation sites (N-methyl/N-ethyl adjacent to an activating group) is 2. The van der Waals surface area contributed by atoms with Gasteiger partial charge in [-0.05, 0) is 26.4 Å². The number of nitrogens with two attached hydrogens (primary N) is 1. The molecule has 2 atom stereocenters. The number of hydrogen-bond acceptors (Lipinski definition) is 4. The third kappa shape index (κ3) is 4.08. The summed E-state index contributed by atoms with van der Waals surface area (Å²) in [6.45, 7) is 5.27. The molecule has 16 heavy (non-hydrogen) atoms. The highest BCUT2D eigenvalue weighted by Gasteiger charge is 2.21. The van der Waals surface area contributed by atoms with Crippen LogP contribution in [0.3, 0.4) is 0 Å². The first kappa shape index (κ1) is 13.4. The molecule has 1 aliphatic rings. The molecule has 0 aromatic heterocycles. The van der Waals surface area contributed by atoms with Crippen molar-refractivity contribution in [2.45, 2.75) is 31.8 Å². The molecular formula is C11H23N3O2. The molecule has 0 aromatic rings. The Hall–Kier alpha value is -0.650. The van der Waals surface area contributed by atoms with Crippen molar-refractivity contribution in [3.05, 3.63) is 0 Å². The Labute approximate surface area is 97.3 Å². The van der Waals surface area contributed by atoms with Crippen molar-refractivity contribution in [3.8, 4) is 0 Å². The van der Waals surface area contributed by atoms with Gasteiger partial charge in [-0.15, -0.1) is 0 Å². The van der Waals surface area contributed by atoms with Gasteiger partial charge in [0.15, 0.2) is 0 Å². The van der Waals surface area contributed by atoms with Gasteiger partial charge in [0, 0.05) is 19.2 Å². The molecule has 5 nitrogen and oxygen atoms in total. The summed E-state index contributed by atoms with van der Waals surface area (Å²) >= 11 is 0. The Morgan fingerprint density at radius 3 is 2.94 bits per heavy atom. The molecule has 2 unspecified atom stereocenters. The van der Waals surface area contributed by atoms with Gasteiger partial charge in [-0.3, -0.25) is 4.79 Å². The number of nitrogens with zero attached hydrogens (tertiary/aromatic N) is 1. The highest BCUT2D eigenvalue weighted by Crippen LogP contribution is 2.11. The van der Waals surface area contributed by atoms with Crippen LogP contribution in [0.15, 0.2) is 0 Å². The van der Waals surface area contributed by atoms with Crippen LogP contribution in [0.5, 0.6) is 0 Å². The van der Waals surface area contributed by atoms with E-state index in [1.807, 2.05) is 6.92 Å². The number of primary amides is 1. The standard InChI is InChI=1S/C11H23N3O2/c1-3-13-10(11(12)15)4-6-14(2)9-5-7-16-8-9/h9-10,13H,3-8H2,1-2H3,(H2,12,15). The van der Waals surface area contributed by atoms with E-state index in [0.717, 1.165) is 39.1 Å². The van der Waals surface area contributed by atoms with Crippen LogP contribution in [-0.4, -0.2) is 56.2 Å². The molecule has 1 saturated heterocycles. The molecule has 94 valence electrons. The van der Waals surface area contributed by atoms with Crippen molar-refractivity contribution in [2.75, 3.05) is 33.4 Å². The Morgan fingerprint density at radius 2 is 2.44 bits per heavy atom. The number of hydrogen-bond donors (Lipinski definition) is 2. The van der Waals surface area contributed by atoms with Crippen molar-refractivity contribution in [1.29, 1.82) is 0 Å². The number of nitrogens with one attached hydrogen (secondary N) is 1. The molecule has 0 aliphatic carbocycles. The van der Waals surface area contributed by atoms with Gasteiger partial charge < -0.3 is 20.7 Å². The lowest BCUT2D eigenvalue weighted by atomic mass is 10.1. The molecule has 1 fully saturated rings. The monoisotopic (exact) mass is 229 g/mol. The third-order valence-electron chi connectivity index (χ3n) is 3.09. The Balaban J connectivity index is 2.27. The lowest BCUT2D eigenvalue weighted by Crippen LogP contribution is -2.44. The maximum Gasteiger partial charge on any atom is 0.234 e. The summed E-state index contributed by atoms with van der Waals surface area (Å²) in [5, 5.41) is 3.10. The minimum Gasteiger partial charge on any atom is -0.380 e. The zero-order chi connectivity index (χ0) is 12.0. The molecule has 0 radical (unpaired) electrons. The van der Waals surface area contributed by atoms with Gasteiger partial charge in [-0.25, -0.2) is 0 Å². The topological polar surface area (TPSA) is 67.6 Å². The van der Waals surface area contributed by atoms with Gasteiger partial charge in [0.05, 0.1) is 12.6 Å². The van der Waals surface area contributed by atoms with Crippen LogP contribution in [0.2, 0.25) is 0 Å². The van der Waals surface area contributed by atoms with E-state index in [9.17, 15) is 4.79 Å². The summed E-state index contributed by atoms with van der Waals surface area (Å²) in [7, 11) is 2.07. The molecule has 1 heterocycles. The average Bonchev–Trinajstić information content (AvgIpc) is 2.76. The molecule has 5 heteroatoms. The van der Waals surface area contributed by atoms with Crippen molar-refractivity contribution in [1.82, 2.24) is 10.2 Å². The largest absolute Gasteiger partial charge is 0.380 e. The van der Waals surface area contributed by atoms with Crippen LogP contribution < -0.4 is 11.1 Å². The van der Waals surface area contributed by atoms with Crippen LogP contribution in [0.4, 0.5) is 0 Å². The third-order valence-corrected chi connectivity index (χ3v) is 3.09. The Bertz CT molecular complexity index is 217. The van der Waals surface area contributed by atoms with Gasteiger partial charge in [0.1, 0.15) is 0 Å². The fourth-order valence-electron chi connectivity index (χ4n) is 1.98. The predicted molar refractivity (Wildman–Crippen MR) is 63.1 cm³/mol. The van der Waals surface area contributed by atoms with Gasteiger partial charge in [-0.2, -0.15) is 0 Å². The SMILES string of the molecule is CCNC(CCN(C)C1CCOC1)C(N)=O. The summed E-state index contributed by atoms with van der Waals surface area (Å²) in [4.78, 5) is 13.4. The number of amides is 1. The van der Waals surface area contributed by atoms with Crippen LogP contribution in [0.1, 0.15) is 19.8 Å². The highest BCUT2D eigenvalue weighted by atomic mass is 16.5. The van der Waals surface area contributed by atoms with Crippen molar-refractivity contribution < 1.29 is 9.53 Å². The quantitative estimate of drug-likeness (QED) is 0.621. The molecule has 1 aliphatic heterocycles. The minimum absolute atomic E-state index is 0.213. The van der Waals surface area contributed by atoms with Gasteiger partial charge in [-0.1, -0.05) is 6.92 Å². The molecule has 0 saturated carbocycles. The minimum atomic E-state index is -0.266. The summed E-state index contributed by atoms with van der Waals surface area (Å²) in [6.07, 6.45) is 1.84. The van der Waals surface area contributed by atoms with Gasteiger partial charge in [0.2, 0.25) is 5.91 Å². The molecule has 0 spiro atoms. The van der Waals surface area contributed by atoms with Crippen molar-refractivity contribution >= 4 is 5.91 Å². The van der Waals surface area contributed by atoms with E-state index in [2.05, 4.69) is 17.3 Å². The first-order valence-electron chi connectivity index (χ1n) is 5.95. The Kier molecular flexibility index (Phi) is 5.73. The van der Waals surface area contributed by atoms with Crippen molar-refractivity contribution in [2.24, 2.45) is 5.73 Å². The molecule has 1 rings (SSSR count). The van der Waals surface area contributed by atoms with Crippen LogP contribution in [-0.2, 0) is 9.53 Å². The zero-order valence-electron chi connectivity index (χ0n) is 10.2. The second-order valence-corrected chi connectivity index (χ2v) is 4.30. The lowest BCUT2D eigenvalue weighted by molar-refractivity contribution is -0.120. The van der Waals surface area contributed by atoms with E-state index in [1.54, 1.807) is 0 Å². The van der Waals surface area contributed by atoms with Crippen LogP contribution in [0.25, 0.3) is 0 Å². The normalized spacial score (nSPS) is 22.6. The van der Waals surface area contributed by atoms with Gasteiger partial charge >= 0.3 is 0 Å². The summed E-state index contributed by atoms with van der Waals surface area (Å²) in [6, 6.07) is 0.282. The fraction of sp³-hybridized carbons (Fsp3) is 0.909. The smallest absolute Gasteiger partial charge is 0.234 e. The molecule has 0 bridgehead atoms. The maximum absolute atomic E-state index is 11.1. The molecule has 1 amide bonds. The lowest BCUT2D eigenvalue weighted by Gasteiger charge is -2.24. The zero-order valence-corrected chi connectivity index (χ0v) is 10.2. The second-order valence-electron chi connectivity index (χ2n) is 4.30. The van der Waals surface area contributed by atoms with Crippen molar-refractivity contribution in [3.63, 3.8) is 0 Å². The summed E-state index contributed by atoms with van der Waals surface area (Å²) in [5.74, 6) is -0.266.